The van der Waals surface area contributed by atoms with Crippen molar-refractivity contribution in [3.8, 4) is 5.75 Å². The van der Waals surface area contributed by atoms with Crippen LogP contribution >= 0.6 is 23.5 Å². The Morgan fingerprint density at radius 3 is 2.35 bits per heavy atom. The summed E-state index contributed by atoms with van der Waals surface area (Å²) < 4.78 is 5.38. The van der Waals surface area contributed by atoms with Gasteiger partial charge in [-0.25, -0.2) is 4.99 Å². The number of nitrogens with zero attached hydrogens (tertiary/aromatic N) is 3. The fourth-order valence-corrected chi connectivity index (χ4v) is 5.89. The van der Waals surface area contributed by atoms with E-state index >= 15 is 0 Å². The minimum absolute atomic E-state index is 0.0148. The molecule has 0 N–H and O–H groups in total. The lowest BCUT2D eigenvalue weighted by Crippen LogP contribution is -2.29. The van der Waals surface area contributed by atoms with Crippen molar-refractivity contribution in [3.63, 3.8) is 0 Å². The molecular weight excluding hydrogens is 430 g/mol. The van der Waals surface area contributed by atoms with Gasteiger partial charge < -0.3 is 9.64 Å². The number of amides is 1. The topological polar surface area (TPSA) is 62.2 Å². The van der Waals surface area contributed by atoms with Crippen molar-refractivity contribution >= 4 is 51.8 Å². The normalized spacial score (nSPS) is 19.4. The van der Waals surface area contributed by atoms with E-state index in [9.17, 15) is 9.59 Å². The van der Waals surface area contributed by atoms with Crippen LogP contribution in [0.3, 0.4) is 0 Å². The van der Waals surface area contributed by atoms with Crippen LogP contribution in [0.2, 0.25) is 0 Å². The lowest BCUT2D eigenvalue weighted by atomic mass is 10.1. The fourth-order valence-electron chi connectivity index (χ4n) is 3.45. The number of ether oxygens (including phenoxy) is 1. The van der Waals surface area contributed by atoms with E-state index in [1.807, 2.05) is 25.1 Å². The summed E-state index contributed by atoms with van der Waals surface area (Å²) in [4.78, 5) is 35.1. The molecule has 1 amide bonds. The quantitative estimate of drug-likeness (QED) is 0.453. The van der Waals surface area contributed by atoms with Crippen LogP contribution in [-0.4, -0.2) is 42.0 Å². The summed E-state index contributed by atoms with van der Waals surface area (Å²) in [6.45, 7) is 6.83. The third kappa shape index (κ3) is 3.97. The molecule has 2 aliphatic rings. The van der Waals surface area contributed by atoms with Crippen LogP contribution in [0.4, 0.5) is 11.4 Å². The second-order valence-corrected chi connectivity index (χ2v) is 8.97. The number of hydrogen-bond donors (Lipinski definition) is 0. The first-order valence-corrected chi connectivity index (χ1v) is 11.7. The highest BCUT2D eigenvalue weighted by molar-refractivity contribution is 8.19. The third-order valence-electron chi connectivity index (χ3n) is 5.10. The summed E-state index contributed by atoms with van der Waals surface area (Å²) in [6, 6.07) is 13.1. The first-order chi connectivity index (χ1) is 15.0. The molecule has 0 saturated carbocycles. The second-order valence-electron chi connectivity index (χ2n) is 6.96. The van der Waals surface area contributed by atoms with Gasteiger partial charge in [0.2, 0.25) is 0 Å². The third-order valence-corrected chi connectivity index (χ3v) is 7.48. The van der Waals surface area contributed by atoms with Crippen molar-refractivity contribution in [1.82, 2.24) is 4.90 Å². The van der Waals surface area contributed by atoms with Crippen LogP contribution in [-0.2, 0) is 4.79 Å². The maximum absolute atomic E-state index is 13.3. The summed E-state index contributed by atoms with van der Waals surface area (Å²) in [7, 11) is 1.65. The van der Waals surface area contributed by atoms with Gasteiger partial charge in [-0.3, -0.25) is 14.5 Å². The molecule has 0 aromatic heterocycles. The van der Waals surface area contributed by atoms with Crippen molar-refractivity contribution in [2.75, 3.05) is 25.1 Å². The van der Waals surface area contributed by atoms with E-state index in [2.05, 4.69) is 11.8 Å². The van der Waals surface area contributed by atoms with E-state index in [0.29, 0.717) is 27.9 Å². The minimum Gasteiger partial charge on any atom is -0.497 e. The zero-order valence-corrected chi connectivity index (χ0v) is 19.5. The van der Waals surface area contributed by atoms with Crippen molar-refractivity contribution in [2.45, 2.75) is 25.7 Å². The van der Waals surface area contributed by atoms with Gasteiger partial charge in [-0.1, -0.05) is 11.8 Å². The molecule has 0 spiro atoms. The number of ketones is 1. The van der Waals surface area contributed by atoms with E-state index in [1.54, 1.807) is 48.0 Å². The summed E-state index contributed by atoms with van der Waals surface area (Å²) in [5, 5.41) is 1.58. The predicted octanol–water partition coefficient (Wildman–Crippen LogP) is 5.28. The van der Waals surface area contributed by atoms with Crippen molar-refractivity contribution in [2.24, 2.45) is 4.99 Å². The number of amidine groups is 1. The molecule has 160 valence electrons. The minimum atomic E-state index is -0.0349. The number of fused-ring (bicyclic) bond motifs is 1. The monoisotopic (exact) mass is 453 g/mol. The van der Waals surface area contributed by atoms with Gasteiger partial charge in [-0.05, 0) is 68.9 Å². The number of Topliss-reactive ketones (excluding diaryl/α,β-unsaturated/α-hetero) is 1. The summed E-state index contributed by atoms with van der Waals surface area (Å²) >= 11 is 3.00. The van der Waals surface area contributed by atoms with E-state index < -0.39 is 0 Å². The summed E-state index contributed by atoms with van der Waals surface area (Å²) in [6.07, 6.45) is 0. The highest BCUT2D eigenvalue weighted by Crippen LogP contribution is 2.51. The molecule has 0 bridgehead atoms. The molecule has 6 nitrogen and oxygen atoms in total. The van der Waals surface area contributed by atoms with Gasteiger partial charge in [0.15, 0.2) is 11.0 Å². The molecule has 0 aliphatic carbocycles. The molecule has 31 heavy (non-hydrogen) atoms. The molecule has 0 radical (unpaired) electrons. The Labute approximate surface area is 190 Å². The first-order valence-electron chi connectivity index (χ1n) is 10.0. The summed E-state index contributed by atoms with van der Waals surface area (Å²) in [5.41, 5.74) is 2.41. The van der Waals surface area contributed by atoms with Gasteiger partial charge in [0.25, 0.3) is 5.91 Å². The molecule has 4 rings (SSSR count). The number of thioether (sulfide) groups is 2. The van der Waals surface area contributed by atoms with Crippen LogP contribution in [0.25, 0.3) is 0 Å². The Balaban J connectivity index is 1.70. The second kappa shape index (κ2) is 8.80. The highest BCUT2D eigenvalue weighted by atomic mass is 32.2. The molecule has 2 aliphatic heterocycles. The number of likely N-dealkylation sites (N-methyl/N-ethyl adjacent to an activating group) is 1. The van der Waals surface area contributed by atoms with Crippen molar-refractivity contribution in [3.05, 3.63) is 58.0 Å². The Bertz CT molecular complexity index is 1110. The van der Waals surface area contributed by atoms with Crippen LogP contribution in [0.1, 0.15) is 31.1 Å². The van der Waals surface area contributed by atoms with E-state index in [0.717, 1.165) is 27.9 Å². The molecule has 2 heterocycles. The Hall–Kier alpha value is -2.71. The van der Waals surface area contributed by atoms with Gasteiger partial charge in [0, 0.05) is 29.6 Å². The number of methoxy groups -OCH3 is 1. The van der Waals surface area contributed by atoms with Gasteiger partial charge in [0.1, 0.15) is 15.7 Å². The number of hydrogen-bond acceptors (Lipinski definition) is 7. The molecule has 0 unspecified atom stereocenters. The lowest BCUT2D eigenvalue weighted by molar-refractivity contribution is -0.122. The molecule has 2 aromatic carbocycles. The molecule has 0 atom stereocenters. The number of benzene rings is 2. The van der Waals surface area contributed by atoms with Crippen LogP contribution in [0, 0.1) is 0 Å². The SMILES string of the molecule is CCN1C(=O)C(=C2Sc3ccc(OC)cc3N2CC)SC1=Nc1ccc(C(C)=O)cc1. The Morgan fingerprint density at radius 2 is 1.74 bits per heavy atom. The Morgan fingerprint density at radius 1 is 1.03 bits per heavy atom. The van der Waals surface area contributed by atoms with Crippen LogP contribution in [0.15, 0.2) is 62.3 Å². The van der Waals surface area contributed by atoms with Crippen LogP contribution < -0.4 is 9.64 Å². The zero-order chi connectivity index (χ0) is 22.1. The zero-order valence-electron chi connectivity index (χ0n) is 17.8. The molecule has 2 aromatic rings. The molecule has 1 saturated heterocycles. The number of carbonyl (C=O) groups is 2. The number of carbonyl (C=O) groups excluding carboxylic acids is 2. The number of rotatable bonds is 5. The maximum atomic E-state index is 13.3. The van der Waals surface area contributed by atoms with Gasteiger partial charge in [-0.2, -0.15) is 0 Å². The van der Waals surface area contributed by atoms with E-state index in [4.69, 9.17) is 9.73 Å². The Kier molecular flexibility index (Phi) is 6.11. The predicted molar refractivity (Wildman–Crippen MR) is 127 cm³/mol. The molecular formula is C23H23N3O3S2. The number of anilines is 1. The fraction of sp³-hybridized carbons (Fsp3) is 0.261. The van der Waals surface area contributed by atoms with Gasteiger partial charge in [-0.15, -0.1) is 0 Å². The van der Waals surface area contributed by atoms with Gasteiger partial charge in [0.05, 0.1) is 18.5 Å². The maximum Gasteiger partial charge on any atom is 0.269 e. The average Bonchev–Trinajstić information content (AvgIpc) is 3.29. The average molecular weight is 454 g/mol. The lowest BCUT2D eigenvalue weighted by Gasteiger charge is -2.19. The summed E-state index contributed by atoms with van der Waals surface area (Å²) in [5.74, 6) is 0.772. The van der Waals surface area contributed by atoms with E-state index in [-0.39, 0.29) is 11.7 Å². The van der Waals surface area contributed by atoms with Crippen LogP contribution in [0.5, 0.6) is 5.75 Å². The smallest absolute Gasteiger partial charge is 0.269 e. The first kappa shape index (κ1) is 21.5. The number of aliphatic imine (C=N–C) groups is 1. The molecule has 8 heteroatoms. The van der Waals surface area contributed by atoms with E-state index in [1.165, 1.54) is 18.7 Å². The largest absolute Gasteiger partial charge is 0.497 e. The highest BCUT2D eigenvalue weighted by Gasteiger charge is 2.39. The molecule has 1 fully saturated rings. The standard InChI is InChI=1S/C23H23N3O3S2/c1-5-25-18-13-17(29-4)11-12-19(18)30-22(25)20-21(28)26(6-2)23(31-20)24-16-9-7-15(8-10-16)14(3)27/h7-13H,5-6H2,1-4H3. The van der Waals surface area contributed by atoms with Gasteiger partial charge >= 0.3 is 0 Å². The van der Waals surface area contributed by atoms with Crippen molar-refractivity contribution < 1.29 is 14.3 Å². The van der Waals surface area contributed by atoms with Crippen molar-refractivity contribution in [1.29, 1.82) is 0 Å².